The summed E-state index contributed by atoms with van der Waals surface area (Å²) in [6.07, 6.45) is 6.29. The molecule has 1 aliphatic rings. The van der Waals surface area contributed by atoms with Crippen molar-refractivity contribution in [3.63, 3.8) is 0 Å². The maximum absolute atomic E-state index is 12.7. The lowest BCUT2D eigenvalue weighted by molar-refractivity contribution is 0.0890. The molecule has 1 saturated carbocycles. The zero-order valence-corrected chi connectivity index (χ0v) is 16.4. The van der Waals surface area contributed by atoms with Crippen LogP contribution >= 0.6 is 0 Å². The number of aliphatic hydroxyl groups excluding tert-OH is 1. The summed E-state index contributed by atoms with van der Waals surface area (Å²) in [5.74, 6) is 1.79. The molecule has 1 amide bonds. The Morgan fingerprint density at radius 3 is 2.71 bits per heavy atom. The lowest BCUT2D eigenvalue weighted by atomic mass is 9.82. The molecule has 28 heavy (non-hydrogen) atoms. The summed E-state index contributed by atoms with van der Waals surface area (Å²) >= 11 is 0. The van der Waals surface area contributed by atoms with Crippen LogP contribution in [0, 0.1) is 5.92 Å². The zero-order chi connectivity index (χ0) is 19.9. The second-order valence-corrected chi connectivity index (χ2v) is 7.13. The van der Waals surface area contributed by atoms with E-state index in [0.717, 1.165) is 12.8 Å². The van der Waals surface area contributed by atoms with Gasteiger partial charge in [0.15, 0.2) is 11.5 Å². The molecule has 7 heteroatoms. The molecule has 0 bridgehead atoms. The molecule has 2 N–H and O–H groups in total. The number of nitrogens with one attached hydrogen (secondary N) is 1. The van der Waals surface area contributed by atoms with Gasteiger partial charge in [-0.25, -0.2) is 0 Å². The molecular formula is C21H28N2O5. The molecule has 0 spiro atoms. The number of amides is 1. The number of ether oxygens (including phenoxy) is 2. The minimum atomic E-state index is -0.291. The largest absolute Gasteiger partial charge is 0.497 e. The molecule has 1 fully saturated rings. The molecule has 2 aromatic rings. The highest BCUT2D eigenvalue weighted by Crippen LogP contribution is 2.34. The number of aromatic nitrogens is 1. The van der Waals surface area contributed by atoms with Crippen molar-refractivity contribution in [2.24, 2.45) is 5.92 Å². The fourth-order valence-corrected chi connectivity index (χ4v) is 3.86. The number of rotatable bonds is 8. The summed E-state index contributed by atoms with van der Waals surface area (Å²) in [5, 5.41) is 16.4. The number of carbonyl (C=O) groups excluding carboxylic acids is 1. The predicted molar refractivity (Wildman–Crippen MR) is 105 cm³/mol. The molecule has 1 aliphatic carbocycles. The number of methoxy groups -OCH3 is 2. The van der Waals surface area contributed by atoms with E-state index in [2.05, 4.69) is 10.5 Å². The number of aliphatic hydroxyl groups is 1. The third kappa shape index (κ3) is 4.65. The van der Waals surface area contributed by atoms with Gasteiger partial charge in [0.2, 0.25) is 0 Å². The average Bonchev–Trinajstić information content (AvgIpc) is 3.24. The molecule has 152 valence electrons. The minimum absolute atomic E-state index is 0.0481. The van der Waals surface area contributed by atoms with Crippen LogP contribution in [0.15, 0.2) is 28.8 Å². The Labute approximate surface area is 165 Å². The van der Waals surface area contributed by atoms with Crippen molar-refractivity contribution in [1.29, 1.82) is 0 Å². The molecular weight excluding hydrogens is 360 g/mol. The number of benzene rings is 1. The Kier molecular flexibility index (Phi) is 6.92. The van der Waals surface area contributed by atoms with E-state index < -0.39 is 0 Å². The molecule has 7 nitrogen and oxygen atoms in total. The van der Waals surface area contributed by atoms with Gasteiger partial charge in [-0.1, -0.05) is 24.4 Å². The van der Waals surface area contributed by atoms with Gasteiger partial charge in [0.1, 0.15) is 11.5 Å². The summed E-state index contributed by atoms with van der Waals surface area (Å²) in [5.41, 5.74) is 0.867. The van der Waals surface area contributed by atoms with Crippen LogP contribution in [0.25, 0.3) is 11.3 Å². The van der Waals surface area contributed by atoms with E-state index in [1.165, 1.54) is 19.3 Å². The van der Waals surface area contributed by atoms with Crippen molar-refractivity contribution >= 4 is 5.91 Å². The fraction of sp³-hybridized carbons (Fsp3) is 0.524. The van der Waals surface area contributed by atoms with Crippen molar-refractivity contribution in [2.75, 3.05) is 20.8 Å². The van der Waals surface area contributed by atoms with Crippen LogP contribution in [-0.4, -0.2) is 43.0 Å². The van der Waals surface area contributed by atoms with E-state index in [9.17, 15) is 9.90 Å². The van der Waals surface area contributed by atoms with Crippen molar-refractivity contribution in [2.45, 2.75) is 44.6 Å². The first-order valence-corrected chi connectivity index (χ1v) is 9.77. The first-order valence-electron chi connectivity index (χ1n) is 9.77. The van der Waals surface area contributed by atoms with Gasteiger partial charge in [0.05, 0.1) is 19.8 Å². The topological polar surface area (TPSA) is 93.8 Å². The number of nitrogens with zero attached hydrogens (tertiary/aromatic N) is 1. The molecule has 0 saturated heterocycles. The highest BCUT2D eigenvalue weighted by Gasteiger charge is 2.26. The maximum Gasteiger partial charge on any atom is 0.273 e. The monoisotopic (exact) mass is 388 g/mol. The van der Waals surface area contributed by atoms with Crippen LogP contribution in [0.3, 0.4) is 0 Å². The van der Waals surface area contributed by atoms with E-state index >= 15 is 0 Å². The van der Waals surface area contributed by atoms with Crippen LogP contribution in [0.4, 0.5) is 0 Å². The summed E-state index contributed by atoms with van der Waals surface area (Å²) in [7, 11) is 3.15. The second-order valence-electron chi connectivity index (χ2n) is 7.13. The molecule has 3 rings (SSSR count). The highest BCUT2D eigenvalue weighted by molar-refractivity contribution is 5.93. The van der Waals surface area contributed by atoms with Crippen LogP contribution in [-0.2, 0) is 0 Å². The SMILES string of the molecule is COc1ccc(OC)c(-c2cc(C(=O)NC(CCO)C3CCCCC3)no2)c1. The van der Waals surface area contributed by atoms with Crippen molar-refractivity contribution in [1.82, 2.24) is 10.5 Å². The molecule has 1 aromatic heterocycles. The van der Waals surface area contributed by atoms with Crippen molar-refractivity contribution in [3.05, 3.63) is 30.0 Å². The van der Waals surface area contributed by atoms with Crippen LogP contribution in [0.1, 0.15) is 49.0 Å². The Morgan fingerprint density at radius 2 is 2.04 bits per heavy atom. The second kappa shape index (κ2) is 9.59. The van der Waals surface area contributed by atoms with E-state index in [4.69, 9.17) is 14.0 Å². The Bertz CT molecular complexity index is 783. The van der Waals surface area contributed by atoms with E-state index in [1.54, 1.807) is 38.5 Å². The summed E-state index contributed by atoms with van der Waals surface area (Å²) in [6.45, 7) is 0.0481. The van der Waals surface area contributed by atoms with Gasteiger partial charge in [0.25, 0.3) is 5.91 Å². The standard InChI is InChI=1S/C21H28N2O5/c1-26-15-8-9-19(27-2)16(12-15)20-13-18(23-28-20)21(25)22-17(10-11-24)14-6-4-3-5-7-14/h8-9,12-14,17,24H,3-7,10-11H2,1-2H3,(H,22,25). The van der Waals surface area contributed by atoms with Gasteiger partial charge in [-0.3, -0.25) is 4.79 Å². The third-order valence-electron chi connectivity index (χ3n) is 5.39. The first kappa shape index (κ1) is 20.2. The molecule has 1 aromatic carbocycles. The molecule has 0 radical (unpaired) electrons. The van der Waals surface area contributed by atoms with Crippen molar-refractivity contribution in [3.8, 4) is 22.8 Å². The van der Waals surface area contributed by atoms with Gasteiger partial charge < -0.3 is 24.4 Å². The van der Waals surface area contributed by atoms with Gasteiger partial charge in [-0.2, -0.15) is 0 Å². The first-order chi connectivity index (χ1) is 13.7. The van der Waals surface area contributed by atoms with Gasteiger partial charge in [0, 0.05) is 18.7 Å². The molecule has 1 unspecified atom stereocenters. The Balaban J connectivity index is 1.76. The predicted octanol–water partition coefficient (Wildman–Crippen LogP) is 3.42. The lowest BCUT2D eigenvalue weighted by Crippen LogP contribution is -2.41. The molecule has 0 aliphatic heterocycles. The smallest absolute Gasteiger partial charge is 0.273 e. The van der Waals surface area contributed by atoms with Crippen LogP contribution in [0.5, 0.6) is 11.5 Å². The quantitative estimate of drug-likeness (QED) is 0.720. The Hall–Kier alpha value is -2.54. The van der Waals surface area contributed by atoms with E-state index in [-0.39, 0.29) is 24.2 Å². The van der Waals surface area contributed by atoms with Gasteiger partial charge in [-0.15, -0.1) is 0 Å². The average molecular weight is 388 g/mol. The summed E-state index contributed by atoms with van der Waals surface area (Å²) < 4.78 is 16.0. The number of hydrogen-bond acceptors (Lipinski definition) is 6. The van der Waals surface area contributed by atoms with Crippen molar-refractivity contribution < 1.29 is 23.9 Å². The zero-order valence-electron chi connectivity index (χ0n) is 16.4. The maximum atomic E-state index is 12.7. The third-order valence-corrected chi connectivity index (χ3v) is 5.39. The number of hydrogen-bond donors (Lipinski definition) is 2. The number of carbonyl (C=O) groups is 1. The fourth-order valence-electron chi connectivity index (χ4n) is 3.86. The molecule has 1 heterocycles. The van der Waals surface area contributed by atoms with Crippen LogP contribution in [0.2, 0.25) is 0 Å². The lowest BCUT2D eigenvalue weighted by Gasteiger charge is -2.30. The Morgan fingerprint density at radius 1 is 1.25 bits per heavy atom. The summed E-state index contributed by atoms with van der Waals surface area (Å²) in [6, 6.07) is 6.89. The van der Waals surface area contributed by atoms with E-state index in [0.29, 0.717) is 35.2 Å². The molecule has 1 atom stereocenters. The highest BCUT2D eigenvalue weighted by atomic mass is 16.5. The normalized spacial score (nSPS) is 15.8. The van der Waals surface area contributed by atoms with E-state index in [1.807, 2.05) is 0 Å². The summed E-state index contributed by atoms with van der Waals surface area (Å²) in [4.78, 5) is 12.7. The van der Waals surface area contributed by atoms with Gasteiger partial charge in [-0.05, 0) is 43.4 Å². The van der Waals surface area contributed by atoms with Gasteiger partial charge >= 0.3 is 0 Å². The minimum Gasteiger partial charge on any atom is -0.497 e. The van der Waals surface area contributed by atoms with Crippen LogP contribution < -0.4 is 14.8 Å².